The molecule has 248 valence electrons. The second-order valence-corrected chi connectivity index (χ2v) is 12.2. The Balaban J connectivity index is 1.16. The number of hydrogen-bond donors (Lipinski definition) is 5. The van der Waals surface area contributed by atoms with Crippen LogP contribution in [0.25, 0.3) is 10.8 Å². The highest BCUT2D eigenvalue weighted by Gasteiger charge is 2.16. The number of nitrogens with one attached hydrogen (secondary N) is 2. The lowest BCUT2D eigenvalue weighted by atomic mass is 9.99. The van der Waals surface area contributed by atoms with Crippen LogP contribution in [-0.2, 0) is 24.1 Å². The van der Waals surface area contributed by atoms with Crippen LogP contribution < -0.4 is 27.8 Å². The highest BCUT2D eigenvalue weighted by Crippen LogP contribution is 2.21. The van der Waals surface area contributed by atoms with Crippen molar-refractivity contribution in [3.63, 3.8) is 0 Å². The van der Waals surface area contributed by atoms with Gasteiger partial charge in [-0.3, -0.25) is 19.9 Å². The van der Waals surface area contributed by atoms with Crippen LogP contribution in [0.5, 0.6) is 0 Å². The van der Waals surface area contributed by atoms with Crippen LogP contribution in [0.4, 0.5) is 17.3 Å². The van der Waals surface area contributed by atoms with Crippen LogP contribution in [0, 0.1) is 0 Å². The molecule has 0 radical (unpaired) electrons. The zero-order valence-electron chi connectivity index (χ0n) is 27.1. The summed E-state index contributed by atoms with van der Waals surface area (Å²) in [6.45, 7) is 1.52. The Morgan fingerprint density at radius 3 is 2.09 bits per heavy atom. The van der Waals surface area contributed by atoms with E-state index in [0.717, 1.165) is 57.2 Å². The molecule has 8 N–H and O–H groups in total. The Morgan fingerprint density at radius 2 is 1.43 bits per heavy atom. The van der Waals surface area contributed by atoms with E-state index in [4.69, 9.17) is 28.8 Å². The van der Waals surface area contributed by atoms with Gasteiger partial charge in [0.1, 0.15) is 0 Å². The maximum absolute atomic E-state index is 12.5. The summed E-state index contributed by atoms with van der Waals surface area (Å²) in [5.74, 6) is -0.866. The Bertz CT molecular complexity index is 1710. The first-order valence-corrected chi connectivity index (χ1v) is 16.2. The average molecular weight is 658 g/mol. The van der Waals surface area contributed by atoms with Gasteiger partial charge in [0.2, 0.25) is 5.91 Å². The summed E-state index contributed by atoms with van der Waals surface area (Å²) >= 11 is 5.83. The van der Waals surface area contributed by atoms with Crippen molar-refractivity contribution < 1.29 is 9.59 Å². The number of nitrogens with zero attached hydrogens (tertiary/aromatic N) is 4. The zero-order valence-corrected chi connectivity index (χ0v) is 27.8. The normalized spacial score (nSPS) is 11.6. The van der Waals surface area contributed by atoms with E-state index in [2.05, 4.69) is 93.1 Å². The van der Waals surface area contributed by atoms with Crippen LogP contribution in [0.2, 0.25) is 5.15 Å². The van der Waals surface area contributed by atoms with Gasteiger partial charge in [0.05, 0.1) is 0 Å². The third-order valence-corrected chi connectivity index (χ3v) is 7.94. The molecule has 47 heavy (non-hydrogen) atoms. The SMILES string of the molecule is CN(C)CCCc1ccc(NC(=O)CCCc2ccc3cc(CCCCN=C(N)NC(=O)c4nc(Cl)c(N)nc4N)ccc3c2)cc1. The van der Waals surface area contributed by atoms with Gasteiger partial charge in [0, 0.05) is 18.7 Å². The summed E-state index contributed by atoms with van der Waals surface area (Å²) in [6.07, 6.45) is 6.84. The van der Waals surface area contributed by atoms with Crippen molar-refractivity contribution in [1.29, 1.82) is 0 Å². The van der Waals surface area contributed by atoms with E-state index in [1.165, 1.54) is 27.5 Å². The van der Waals surface area contributed by atoms with E-state index in [0.29, 0.717) is 13.0 Å². The maximum Gasteiger partial charge on any atom is 0.280 e. The summed E-state index contributed by atoms with van der Waals surface area (Å²) in [4.78, 5) is 38.9. The van der Waals surface area contributed by atoms with Gasteiger partial charge in [0.15, 0.2) is 28.4 Å². The highest BCUT2D eigenvalue weighted by molar-refractivity contribution is 6.31. The number of benzene rings is 3. The summed E-state index contributed by atoms with van der Waals surface area (Å²) in [7, 11) is 4.17. The lowest BCUT2D eigenvalue weighted by Gasteiger charge is -2.10. The van der Waals surface area contributed by atoms with Crippen LogP contribution in [-0.4, -0.2) is 59.8 Å². The number of rotatable bonds is 15. The van der Waals surface area contributed by atoms with Gasteiger partial charge in [-0.15, -0.1) is 0 Å². The molecule has 2 amide bonds. The molecule has 12 heteroatoms. The molecule has 1 aromatic heterocycles. The number of carbonyl (C=O) groups is 2. The first-order chi connectivity index (χ1) is 22.6. The molecule has 0 saturated heterocycles. The van der Waals surface area contributed by atoms with Crippen LogP contribution in [0.1, 0.15) is 59.3 Å². The molecule has 4 rings (SSSR count). The van der Waals surface area contributed by atoms with E-state index >= 15 is 0 Å². The Labute approximate surface area is 281 Å². The number of amides is 2. The first kappa shape index (κ1) is 35.1. The van der Waals surface area contributed by atoms with E-state index in [1.54, 1.807) is 0 Å². The van der Waals surface area contributed by atoms with Gasteiger partial charge in [-0.2, -0.15) is 0 Å². The standard InChI is InChI=1S/C35H44ClN9O2/c1-45(2)20-6-9-23-13-17-28(18-14-23)41-29(46)10-5-8-25-12-16-26-21-24(11-15-27(26)22-25)7-3-4-19-40-35(39)44-34(47)30-32(37)43-33(38)31(36)42-30/h11-18,21-22H,3-10,19-20H2,1-2H3,(H,41,46)(H4,37,38,43)(H3,39,40,44,47). The third-order valence-electron chi connectivity index (χ3n) is 7.66. The minimum atomic E-state index is -0.661. The highest BCUT2D eigenvalue weighted by atomic mass is 35.5. The third kappa shape index (κ3) is 11.2. The van der Waals surface area contributed by atoms with Crippen molar-refractivity contribution in [2.45, 2.75) is 51.4 Å². The predicted octanol–water partition coefficient (Wildman–Crippen LogP) is 4.97. The second kappa shape index (κ2) is 17.3. The minimum Gasteiger partial charge on any atom is -0.382 e. The van der Waals surface area contributed by atoms with Gasteiger partial charge in [-0.25, -0.2) is 9.97 Å². The lowest BCUT2D eigenvalue weighted by Crippen LogP contribution is -2.38. The summed E-state index contributed by atoms with van der Waals surface area (Å²) in [5, 5.41) is 7.71. The van der Waals surface area contributed by atoms with Crippen molar-refractivity contribution in [1.82, 2.24) is 20.2 Å². The molecule has 0 saturated carbocycles. The number of hydrogen-bond acceptors (Lipinski definition) is 8. The number of aryl methyl sites for hydroxylation is 3. The molecule has 0 aliphatic heterocycles. The number of aromatic nitrogens is 2. The van der Waals surface area contributed by atoms with Crippen LogP contribution >= 0.6 is 11.6 Å². The molecule has 11 nitrogen and oxygen atoms in total. The average Bonchev–Trinajstić information content (AvgIpc) is 3.03. The molecular weight excluding hydrogens is 614 g/mol. The number of nitrogen functional groups attached to an aromatic ring is 2. The number of anilines is 3. The van der Waals surface area contributed by atoms with Gasteiger partial charge in [-0.05, 0) is 105 Å². The van der Waals surface area contributed by atoms with Crippen LogP contribution in [0.15, 0.2) is 65.7 Å². The number of guanidine groups is 1. The molecule has 0 spiro atoms. The Kier molecular flexibility index (Phi) is 12.9. The second-order valence-electron chi connectivity index (χ2n) is 11.8. The van der Waals surface area contributed by atoms with Crippen molar-refractivity contribution in [2.75, 3.05) is 44.0 Å². The molecule has 0 atom stereocenters. The number of carbonyl (C=O) groups excluding carboxylic acids is 2. The predicted molar refractivity (Wildman–Crippen MR) is 192 cm³/mol. The Morgan fingerprint density at radius 1 is 0.809 bits per heavy atom. The number of nitrogens with two attached hydrogens (primary N) is 3. The molecule has 0 aliphatic carbocycles. The lowest BCUT2D eigenvalue weighted by molar-refractivity contribution is -0.116. The summed E-state index contributed by atoms with van der Waals surface area (Å²) < 4.78 is 0. The number of unbranched alkanes of at least 4 members (excludes halogenated alkanes) is 1. The number of halogens is 1. The fourth-order valence-electron chi connectivity index (χ4n) is 5.15. The minimum absolute atomic E-state index is 0.0392. The van der Waals surface area contributed by atoms with Crippen LogP contribution in [0.3, 0.4) is 0 Å². The maximum atomic E-state index is 12.5. The quantitative estimate of drug-likeness (QED) is 0.0676. The molecule has 3 aromatic carbocycles. The molecule has 0 aliphatic rings. The van der Waals surface area contributed by atoms with Gasteiger partial charge >= 0.3 is 0 Å². The van der Waals surface area contributed by atoms with E-state index in [1.807, 2.05) is 12.1 Å². The van der Waals surface area contributed by atoms with E-state index in [9.17, 15) is 9.59 Å². The van der Waals surface area contributed by atoms with Crippen molar-refractivity contribution in [3.05, 3.63) is 88.2 Å². The largest absolute Gasteiger partial charge is 0.382 e. The number of fused-ring (bicyclic) bond motifs is 1. The first-order valence-electron chi connectivity index (χ1n) is 15.8. The van der Waals surface area contributed by atoms with Gasteiger partial charge in [-0.1, -0.05) is 60.1 Å². The zero-order chi connectivity index (χ0) is 33.8. The van der Waals surface area contributed by atoms with Crippen molar-refractivity contribution in [3.8, 4) is 0 Å². The van der Waals surface area contributed by atoms with Gasteiger partial charge in [0.25, 0.3) is 5.91 Å². The van der Waals surface area contributed by atoms with Gasteiger partial charge < -0.3 is 27.4 Å². The molecule has 1 heterocycles. The van der Waals surface area contributed by atoms with Crippen molar-refractivity contribution in [2.24, 2.45) is 10.7 Å². The summed E-state index contributed by atoms with van der Waals surface area (Å²) in [6, 6.07) is 21.2. The fourth-order valence-corrected chi connectivity index (χ4v) is 5.28. The molecule has 0 fully saturated rings. The fraction of sp³-hybridized carbons (Fsp3) is 0.343. The van der Waals surface area contributed by atoms with E-state index in [-0.39, 0.29) is 34.3 Å². The topological polar surface area (TPSA) is 178 Å². The number of aliphatic imine (C=N–C) groups is 1. The van der Waals surface area contributed by atoms with Crippen molar-refractivity contribution >= 4 is 57.5 Å². The monoisotopic (exact) mass is 657 g/mol. The molecular formula is C35H44ClN9O2. The smallest absolute Gasteiger partial charge is 0.280 e. The Hall–Kier alpha value is -4.74. The molecule has 0 bridgehead atoms. The molecule has 0 unspecified atom stereocenters. The summed E-state index contributed by atoms with van der Waals surface area (Å²) in [5.41, 5.74) is 21.5. The van der Waals surface area contributed by atoms with E-state index < -0.39 is 5.91 Å². The molecule has 4 aromatic rings.